The molecule has 0 aliphatic rings. The SMILES string of the molecule is CC(C)COC(=O)Nc1ccc(C(=O)O)cc1[N+](=O)[O-]. The first kappa shape index (κ1) is 15.4. The van der Waals surface area contributed by atoms with Gasteiger partial charge in [0.25, 0.3) is 5.69 Å². The van der Waals surface area contributed by atoms with Crippen LogP contribution in [0, 0.1) is 16.0 Å². The van der Waals surface area contributed by atoms with E-state index in [4.69, 9.17) is 9.84 Å². The number of carboxylic acids is 1. The van der Waals surface area contributed by atoms with E-state index in [-0.39, 0.29) is 23.8 Å². The summed E-state index contributed by atoms with van der Waals surface area (Å²) in [7, 11) is 0. The second-order valence-electron chi connectivity index (χ2n) is 4.41. The molecular formula is C12H14N2O6. The maximum Gasteiger partial charge on any atom is 0.411 e. The summed E-state index contributed by atoms with van der Waals surface area (Å²) in [5.74, 6) is -1.16. The number of carbonyl (C=O) groups is 2. The average Bonchev–Trinajstić information content (AvgIpc) is 2.36. The maximum atomic E-state index is 11.4. The highest BCUT2D eigenvalue weighted by atomic mass is 16.6. The van der Waals surface area contributed by atoms with E-state index in [1.807, 2.05) is 13.8 Å². The van der Waals surface area contributed by atoms with Crippen LogP contribution >= 0.6 is 0 Å². The fourth-order valence-corrected chi connectivity index (χ4v) is 1.31. The Bertz CT molecular complexity index is 541. The first-order chi connectivity index (χ1) is 9.31. The van der Waals surface area contributed by atoms with Crippen LogP contribution in [0.2, 0.25) is 0 Å². The number of anilines is 1. The standard InChI is InChI=1S/C12H14N2O6/c1-7(2)6-20-12(17)13-9-4-3-8(11(15)16)5-10(9)14(18)19/h3-5,7H,6H2,1-2H3,(H,13,17)(H,15,16). The third-order valence-corrected chi connectivity index (χ3v) is 2.23. The molecule has 8 heteroatoms. The molecule has 0 unspecified atom stereocenters. The van der Waals surface area contributed by atoms with Crippen molar-refractivity contribution in [2.75, 3.05) is 11.9 Å². The lowest BCUT2D eigenvalue weighted by Gasteiger charge is -2.09. The summed E-state index contributed by atoms with van der Waals surface area (Å²) in [6.07, 6.45) is -0.829. The van der Waals surface area contributed by atoms with Crippen molar-refractivity contribution in [3.63, 3.8) is 0 Å². The largest absolute Gasteiger partial charge is 0.478 e. The quantitative estimate of drug-likeness (QED) is 0.632. The average molecular weight is 282 g/mol. The van der Waals surface area contributed by atoms with E-state index in [9.17, 15) is 19.7 Å². The zero-order chi connectivity index (χ0) is 15.3. The van der Waals surface area contributed by atoms with Gasteiger partial charge >= 0.3 is 12.1 Å². The number of carboxylic acid groups (broad SMARTS) is 1. The number of aromatic carboxylic acids is 1. The Morgan fingerprint density at radius 1 is 1.45 bits per heavy atom. The number of carbonyl (C=O) groups excluding carboxylic acids is 1. The molecule has 0 saturated carbocycles. The van der Waals surface area contributed by atoms with Crippen molar-refractivity contribution < 1.29 is 24.4 Å². The number of hydrogen-bond acceptors (Lipinski definition) is 5. The van der Waals surface area contributed by atoms with E-state index >= 15 is 0 Å². The molecule has 0 aromatic heterocycles. The first-order valence-electron chi connectivity index (χ1n) is 5.76. The predicted molar refractivity (Wildman–Crippen MR) is 69.9 cm³/mol. The molecule has 0 heterocycles. The second kappa shape index (κ2) is 6.50. The minimum Gasteiger partial charge on any atom is -0.478 e. The van der Waals surface area contributed by atoms with E-state index in [1.165, 1.54) is 0 Å². The van der Waals surface area contributed by atoms with Gasteiger partial charge in [0.2, 0.25) is 0 Å². The van der Waals surface area contributed by atoms with Gasteiger partial charge in [-0.2, -0.15) is 0 Å². The van der Waals surface area contributed by atoms with Crippen molar-refractivity contribution >= 4 is 23.4 Å². The van der Waals surface area contributed by atoms with Crippen molar-refractivity contribution in [1.82, 2.24) is 0 Å². The molecule has 0 fully saturated rings. The number of amides is 1. The number of nitrogens with one attached hydrogen (secondary N) is 1. The van der Waals surface area contributed by atoms with Crippen LogP contribution in [0.25, 0.3) is 0 Å². The molecule has 0 bridgehead atoms. The highest BCUT2D eigenvalue weighted by Crippen LogP contribution is 2.25. The van der Waals surface area contributed by atoms with Crippen molar-refractivity contribution in [1.29, 1.82) is 0 Å². The van der Waals surface area contributed by atoms with Gasteiger partial charge in [0, 0.05) is 6.07 Å². The van der Waals surface area contributed by atoms with Gasteiger partial charge in [-0.05, 0) is 18.1 Å². The second-order valence-corrected chi connectivity index (χ2v) is 4.41. The molecule has 0 aliphatic carbocycles. The molecular weight excluding hydrogens is 268 g/mol. The van der Waals surface area contributed by atoms with Gasteiger partial charge in [-0.25, -0.2) is 9.59 Å². The molecule has 1 rings (SSSR count). The van der Waals surface area contributed by atoms with Crippen LogP contribution in [0.5, 0.6) is 0 Å². The molecule has 1 aromatic carbocycles. The van der Waals surface area contributed by atoms with Gasteiger partial charge in [0.1, 0.15) is 5.69 Å². The van der Waals surface area contributed by atoms with Crippen molar-refractivity contribution in [2.24, 2.45) is 5.92 Å². The minimum atomic E-state index is -1.29. The van der Waals surface area contributed by atoms with Crippen LogP contribution in [0.1, 0.15) is 24.2 Å². The Morgan fingerprint density at radius 3 is 2.60 bits per heavy atom. The highest BCUT2D eigenvalue weighted by molar-refractivity contribution is 5.92. The zero-order valence-electron chi connectivity index (χ0n) is 11.0. The molecule has 0 aliphatic heterocycles. The number of hydrogen-bond donors (Lipinski definition) is 2. The molecule has 0 radical (unpaired) electrons. The fourth-order valence-electron chi connectivity index (χ4n) is 1.31. The Labute approximate surface area is 114 Å². The highest BCUT2D eigenvalue weighted by Gasteiger charge is 2.19. The van der Waals surface area contributed by atoms with Crippen LogP contribution in [0.3, 0.4) is 0 Å². The number of ether oxygens (including phenoxy) is 1. The third-order valence-electron chi connectivity index (χ3n) is 2.23. The monoisotopic (exact) mass is 282 g/mol. The molecule has 1 aromatic rings. The summed E-state index contributed by atoms with van der Waals surface area (Å²) in [5.41, 5.74) is -0.863. The van der Waals surface area contributed by atoms with Crippen LogP contribution in [0.15, 0.2) is 18.2 Å². The topological polar surface area (TPSA) is 119 Å². The van der Waals surface area contributed by atoms with Crippen molar-refractivity contribution in [3.8, 4) is 0 Å². The first-order valence-corrected chi connectivity index (χ1v) is 5.76. The van der Waals surface area contributed by atoms with Crippen molar-refractivity contribution in [3.05, 3.63) is 33.9 Å². The van der Waals surface area contributed by atoms with Gasteiger partial charge in [0.05, 0.1) is 17.1 Å². The Morgan fingerprint density at radius 2 is 2.10 bits per heavy atom. The predicted octanol–water partition coefficient (Wildman–Crippen LogP) is 2.50. The van der Waals surface area contributed by atoms with E-state index in [0.29, 0.717) is 0 Å². The summed E-state index contributed by atoms with van der Waals surface area (Å²) in [5, 5.41) is 21.9. The number of benzene rings is 1. The lowest BCUT2D eigenvalue weighted by atomic mass is 10.2. The molecule has 0 saturated heterocycles. The molecule has 0 atom stereocenters. The number of nitro benzene ring substituents is 1. The number of rotatable bonds is 5. The van der Waals surface area contributed by atoms with Gasteiger partial charge in [-0.3, -0.25) is 15.4 Å². The van der Waals surface area contributed by atoms with E-state index < -0.39 is 22.7 Å². The zero-order valence-corrected chi connectivity index (χ0v) is 11.0. The summed E-state index contributed by atoms with van der Waals surface area (Å²) in [6, 6.07) is 3.19. The van der Waals surface area contributed by atoms with E-state index in [0.717, 1.165) is 18.2 Å². The Hall–Kier alpha value is -2.64. The Kier molecular flexibility index (Phi) is 5.01. The molecule has 8 nitrogen and oxygen atoms in total. The Balaban J connectivity index is 2.92. The summed E-state index contributed by atoms with van der Waals surface area (Å²) >= 11 is 0. The van der Waals surface area contributed by atoms with Gasteiger partial charge < -0.3 is 9.84 Å². The smallest absolute Gasteiger partial charge is 0.411 e. The van der Waals surface area contributed by atoms with Crippen LogP contribution < -0.4 is 5.32 Å². The van der Waals surface area contributed by atoms with Crippen molar-refractivity contribution in [2.45, 2.75) is 13.8 Å². The fraction of sp³-hybridized carbons (Fsp3) is 0.333. The van der Waals surface area contributed by atoms with E-state index in [2.05, 4.69) is 5.32 Å². The van der Waals surface area contributed by atoms with Gasteiger partial charge in [0.15, 0.2) is 0 Å². The molecule has 2 N–H and O–H groups in total. The lowest BCUT2D eigenvalue weighted by molar-refractivity contribution is -0.384. The molecule has 108 valence electrons. The van der Waals surface area contributed by atoms with Gasteiger partial charge in [-0.1, -0.05) is 13.8 Å². The molecule has 20 heavy (non-hydrogen) atoms. The van der Waals surface area contributed by atoms with Crippen LogP contribution in [-0.4, -0.2) is 28.7 Å². The third kappa shape index (κ3) is 4.23. The summed E-state index contributed by atoms with van der Waals surface area (Å²) in [6.45, 7) is 3.86. The normalized spacial score (nSPS) is 10.2. The number of nitrogens with zero attached hydrogens (tertiary/aromatic N) is 1. The summed E-state index contributed by atoms with van der Waals surface area (Å²) in [4.78, 5) is 32.3. The van der Waals surface area contributed by atoms with Gasteiger partial charge in [-0.15, -0.1) is 0 Å². The minimum absolute atomic E-state index is 0.117. The maximum absolute atomic E-state index is 11.4. The lowest BCUT2D eigenvalue weighted by Crippen LogP contribution is -2.17. The van der Waals surface area contributed by atoms with Crippen LogP contribution in [-0.2, 0) is 4.74 Å². The molecule has 0 spiro atoms. The molecule has 1 amide bonds. The van der Waals surface area contributed by atoms with E-state index in [1.54, 1.807) is 0 Å². The number of nitro groups is 1. The van der Waals surface area contributed by atoms with Crippen LogP contribution in [0.4, 0.5) is 16.2 Å². The summed E-state index contributed by atoms with van der Waals surface area (Å²) < 4.78 is 4.83.